The molecule has 0 radical (unpaired) electrons. The molecule has 0 spiro atoms. The van der Waals surface area contributed by atoms with E-state index < -0.39 is 150 Å². The smallest absolute Gasteiger partial charge is 0.408 e. The Labute approximate surface area is 428 Å². The second-order valence-electron chi connectivity index (χ2n) is 23.5. The lowest BCUT2D eigenvalue weighted by molar-refractivity contribution is -0.314. The number of carbonyl (C=O) groups excluding carboxylic acids is 6. The average molecular weight is 1050 g/mol. The number of rotatable bonds is 15. The minimum Gasteiger partial charge on any atom is -0.444 e. The number of hydrogen-bond donors (Lipinski definition) is 10. The van der Waals surface area contributed by atoms with Gasteiger partial charge in [-0.3, -0.25) is 4.79 Å². The van der Waals surface area contributed by atoms with Crippen LogP contribution < -0.4 is 31.9 Å². The normalized spacial score (nSPS) is 29.6. The second kappa shape index (κ2) is 25.8. The lowest BCUT2D eigenvalue weighted by Crippen LogP contribution is -2.70. The van der Waals surface area contributed by atoms with Crippen molar-refractivity contribution in [1.29, 1.82) is 0 Å². The molecule has 25 nitrogen and oxygen atoms in total. The standard InChI is InChI=1S/C48H86N6O19/c1-17-29-31(56)30(54-43(64)73-48(14,15)16)32(57)38(66-29)68-34-26(51-36(59)28(55)20-21-49-39(60)69-44(2,3)4)22-27(53-42(63)72-47(11,12)13)35(33(34)58)67-37-25(52-41(62)71-46(8,9)10)19-18-24(65-37)23-50-40(61)70-45(5,6)7/h24-35,37-38,55-58H,17-23H2,1-16H3,(H,49,60)(H,50,61)(H,51,59)(H,52,62)(H,53,63)(H,54,64)/t24?,25?,26-,27+,28+,29?,30+,31+,32?,33?,34-,35?,37+,38+/m1/s1. The third kappa shape index (κ3) is 22.1. The molecule has 25 heteroatoms. The van der Waals surface area contributed by atoms with E-state index in [2.05, 4.69) is 31.9 Å². The van der Waals surface area contributed by atoms with E-state index in [0.29, 0.717) is 0 Å². The fourth-order valence-electron chi connectivity index (χ4n) is 7.88. The van der Waals surface area contributed by atoms with Gasteiger partial charge in [0.05, 0.1) is 36.4 Å². The van der Waals surface area contributed by atoms with Crippen molar-refractivity contribution in [2.75, 3.05) is 13.1 Å². The van der Waals surface area contributed by atoms with Crippen molar-refractivity contribution in [2.24, 2.45) is 0 Å². The van der Waals surface area contributed by atoms with Gasteiger partial charge in [0.15, 0.2) is 12.6 Å². The van der Waals surface area contributed by atoms with Crippen molar-refractivity contribution >= 4 is 36.4 Å². The Kier molecular flexibility index (Phi) is 22.2. The third-order valence-corrected chi connectivity index (χ3v) is 10.8. The van der Waals surface area contributed by atoms with Crippen LogP contribution in [0.2, 0.25) is 0 Å². The van der Waals surface area contributed by atoms with Gasteiger partial charge in [-0.25, -0.2) is 24.0 Å². The molecule has 3 fully saturated rings. The molecule has 73 heavy (non-hydrogen) atoms. The lowest BCUT2D eigenvalue weighted by Gasteiger charge is -2.49. The van der Waals surface area contributed by atoms with Gasteiger partial charge in [0.25, 0.3) is 0 Å². The van der Waals surface area contributed by atoms with Crippen LogP contribution in [0.25, 0.3) is 0 Å². The Morgan fingerprint density at radius 3 is 1.47 bits per heavy atom. The highest BCUT2D eigenvalue weighted by Gasteiger charge is 2.53. The molecule has 6 amide bonds. The summed E-state index contributed by atoms with van der Waals surface area (Å²) in [6.07, 6.45) is -19.6. The summed E-state index contributed by atoms with van der Waals surface area (Å²) in [4.78, 5) is 78.7. The number of aliphatic hydroxyl groups is 4. The van der Waals surface area contributed by atoms with Gasteiger partial charge >= 0.3 is 30.5 Å². The summed E-state index contributed by atoms with van der Waals surface area (Å²) >= 11 is 0. The number of amides is 6. The van der Waals surface area contributed by atoms with E-state index in [9.17, 15) is 49.2 Å². The highest BCUT2D eigenvalue weighted by atomic mass is 16.7. The molecular weight excluding hydrogens is 965 g/mol. The summed E-state index contributed by atoms with van der Waals surface area (Å²) in [5, 5.41) is 62.6. The van der Waals surface area contributed by atoms with Crippen molar-refractivity contribution < 1.29 is 91.8 Å². The van der Waals surface area contributed by atoms with Crippen LogP contribution in [-0.2, 0) is 47.4 Å². The highest BCUT2D eigenvalue weighted by Crippen LogP contribution is 2.34. The molecule has 0 bridgehead atoms. The largest absolute Gasteiger partial charge is 0.444 e. The van der Waals surface area contributed by atoms with E-state index in [4.69, 9.17) is 42.6 Å². The molecule has 6 unspecified atom stereocenters. The zero-order chi connectivity index (χ0) is 55.6. The van der Waals surface area contributed by atoms with Crippen LogP contribution in [0.3, 0.4) is 0 Å². The Hall–Kier alpha value is -4.50. The lowest BCUT2D eigenvalue weighted by atomic mass is 9.83. The fourth-order valence-corrected chi connectivity index (χ4v) is 7.88. The summed E-state index contributed by atoms with van der Waals surface area (Å²) in [7, 11) is 0. The first kappa shape index (κ1) is 62.8. The Bertz CT molecular complexity index is 1840. The van der Waals surface area contributed by atoms with Crippen molar-refractivity contribution in [3.05, 3.63) is 0 Å². The topological polar surface area (TPSA) is 339 Å². The number of aliphatic hydroxyl groups excluding tert-OH is 4. The quantitative estimate of drug-likeness (QED) is 0.105. The number of nitrogens with one attached hydrogen (secondary N) is 6. The van der Waals surface area contributed by atoms with Gasteiger partial charge in [0, 0.05) is 13.1 Å². The molecule has 3 rings (SSSR count). The molecule has 2 aliphatic heterocycles. The van der Waals surface area contributed by atoms with Gasteiger partial charge < -0.3 is 95.0 Å². The maximum atomic E-state index is 13.9. The highest BCUT2D eigenvalue weighted by molar-refractivity contribution is 5.81. The predicted molar refractivity (Wildman–Crippen MR) is 260 cm³/mol. The summed E-state index contributed by atoms with van der Waals surface area (Å²) in [6, 6.07) is -5.10. The molecule has 0 aromatic rings. The Balaban J connectivity index is 2.12. The molecule has 3 aliphatic rings. The Morgan fingerprint density at radius 1 is 0.534 bits per heavy atom. The third-order valence-electron chi connectivity index (χ3n) is 10.8. The first-order chi connectivity index (χ1) is 33.3. The fraction of sp³-hybridized carbons (Fsp3) is 0.875. The van der Waals surface area contributed by atoms with Crippen LogP contribution in [0.5, 0.6) is 0 Å². The zero-order valence-electron chi connectivity index (χ0n) is 45.4. The van der Waals surface area contributed by atoms with E-state index in [1.54, 1.807) is 111 Å². The predicted octanol–water partition coefficient (Wildman–Crippen LogP) is 2.85. The van der Waals surface area contributed by atoms with Crippen molar-refractivity contribution in [2.45, 2.75) is 256 Å². The zero-order valence-corrected chi connectivity index (χ0v) is 45.4. The number of alkyl carbamates (subject to hydrolysis) is 5. The minimum atomic E-state index is -1.93. The molecule has 14 atom stereocenters. The molecule has 0 aromatic carbocycles. The van der Waals surface area contributed by atoms with E-state index >= 15 is 0 Å². The van der Waals surface area contributed by atoms with Gasteiger partial charge in [-0.1, -0.05) is 6.92 Å². The van der Waals surface area contributed by atoms with Gasteiger partial charge in [-0.05, 0) is 136 Å². The van der Waals surface area contributed by atoms with Crippen LogP contribution in [-0.4, -0.2) is 183 Å². The van der Waals surface area contributed by atoms with E-state index in [-0.39, 0.29) is 45.2 Å². The summed E-state index contributed by atoms with van der Waals surface area (Å²) in [5.74, 6) is -0.999. The molecule has 1 aliphatic carbocycles. The van der Waals surface area contributed by atoms with Crippen molar-refractivity contribution in [3.8, 4) is 0 Å². The van der Waals surface area contributed by atoms with Gasteiger partial charge in [-0.2, -0.15) is 0 Å². The molecule has 1 saturated carbocycles. The number of carbonyl (C=O) groups is 6. The van der Waals surface area contributed by atoms with Crippen LogP contribution in [0.1, 0.15) is 143 Å². The van der Waals surface area contributed by atoms with E-state index in [1.165, 1.54) is 0 Å². The number of ether oxygens (including phenoxy) is 9. The summed E-state index contributed by atoms with van der Waals surface area (Å²) in [6.45, 7) is 26.2. The van der Waals surface area contributed by atoms with E-state index in [1.807, 2.05) is 0 Å². The minimum absolute atomic E-state index is 0.0734. The van der Waals surface area contributed by atoms with Crippen LogP contribution >= 0.6 is 0 Å². The van der Waals surface area contributed by atoms with E-state index in [0.717, 1.165) is 0 Å². The Morgan fingerprint density at radius 2 is 0.973 bits per heavy atom. The molecule has 10 N–H and O–H groups in total. The van der Waals surface area contributed by atoms with Crippen molar-refractivity contribution in [1.82, 2.24) is 31.9 Å². The molecule has 0 aromatic heterocycles. The summed E-state index contributed by atoms with van der Waals surface area (Å²) in [5.41, 5.74) is -4.53. The van der Waals surface area contributed by atoms with Crippen LogP contribution in [0, 0.1) is 0 Å². The molecule has 2 saturated heterocycles. The van der Waals surface area contributed by atoms with Gasteiger partial charge in [0.1, 0.15) is 64.6 Å². The molecule has 422 valence electrons. The van der Waals surface area contributed by atoms with Crippen molar-refractivity contribution in [3.63, 3.8) is 0 Å². The first-order valence-electron chi connectivity index (χ1n) is 24.9. The maximum absolute atomic E-state index is 13.9. The first-order valence-corrected chi connectivity index (χ1v) is 24.9. The average Bonchev–Trinajstić information content (AvgIpc) is 3.19. The molecule has 2 heterocycles. The van der Waals surface area contributed by atoms with Crippen LogP contribution in [0.4, 0.5) is 24.0 Å². The van der Waals surface area contributed by atoms with Gasteiger partial charge in [-0.15, -0.1) is 0 Å². The SMILES string of the molecule is CCC1O[C@@H](O[C@H]2C(O)C(O[C@@H]3OC(CNC(=O)OC(C)(C)C)CCC3NC(=O)OC(C)(C)C)[C@@H](NC(=O)OC(C)(C)C)C[C@H]2NC(=O)[C@@H](O)CCNC(=O)OC(C)(C)C)C(O)[C@@H](NC(=O)OC(C)(C)C)[C@H]1O. The van der Waals surface area contributed by atoms with Gasteiger partial charge in [0.2, 0.25) is 5.91 Å². The maximum Gasteiger partial charge on any atom is 0.408 e. The molecular formula is C48H86N6O19. The second-order valence-corrected chi connectivity index (χ2v) is 23.5. The van der Waals surface area contributed by atoms with Crippen LogP contribution in [0.15, 0.2) is 0 Å². The number of hydrogen-bond acceptors (Lipinski definition) is 19. The monoisotopic (exact) mass is 1050 g/mol. The summed E-state index contributed by atoms with van der Waals surface area (Å²) < 4.78 is 52.6.